The number of aromatic nitrogens is 1. The minimum absolute atomic E-state index is 0.0874. The zero-order valence-electron chi connectivity index (χ0n) is 17.7. The predicted octanol–water partition coefficient (Wildman–Crippen LogP) is 3.45. The molecule has 1 amide bonds. The lowest BCUT2D eigenvalue weighted by Crippen LogP contribution is -2.54. The summed E-state index contributed by atoms with van der Waals surface area (Å²) in [5.41, 5.74) is 1.61. The molecule has 2 heterocycles. The topological polar surface area (TPSA) is 103 Å². The maximum atomic E-state index is 12.8. The monoisotopic (exact) mass is 450 g/mol. The molecule has 0 radical (unpaired) electrons. The molecule has 0 saturated carbocycles. The molecule has 1 aliphatic rings. The van der Waals surface area contributed by atoms with Crippen LogP contribution in [0.2, 0.25) is 0 Å². The molecule has 2 N–H and O–H groups in total. The SMILES string of the molecule is Cc1nc(N2CCN(C(=O)O)[C@H](C)C2)ccc1NS(=O)(=O)c1ccc([C@H](C)CF)cc1. The lowest BCUT2D eigenvalue weighted by atomic mass is 10.0. The molecule has 3 rings (SSSR count). The molecule has 1 aromatic carbocycles. The van der Waals surface area contributed by atoms with Gasteiger partial charge in [0.15, 0.2) is 0 Å². The Morgan fingerprint density at radius 3 is 2.48 bits per heavy atom. The van der Waals surface area contributed by atoms with Gasteiger partial charge in [0.1, 0.15) is 5.82 Å². The van der Waals surface area contributed by atoms with Gasteiger partial charge in [-0.05, 0) is 43.7 Å². The summed E-state index contributed by atoms with van der Waals surface area (Å²) in [6, 6.07) is 9.36. The van der Waals surface area contributed by atoms with Gasteiger partial charge in [0, 0.05) is 31.6 Å². The van der Waals surface area contributed by atoms with E-state index in [1.54, 1.807) is 38.1 Å². The molecular formula is C21H27FN4O4S. The van der Waals surface area contributed by atoms with E-state index in [9.17, 15) is 22.7 Å². The standard InChI is InChI=1S/C21H27FN4O4S/c1-14(12-22)17-4-6-18(7-5-17)31(29,30)24-19-8-9-20(23-16(19)3)25-10-11-26(21(27)28)15(2)13-25/h4-9,14-15,24H,10-13H2,1-3H3,(H,27,28)/t14-,15-/m1/s1. The van der Waals surface area contributed by atoms with Gasteiger partial charge >= 0.3 is 6.09 Å². The smallest absolute Gasteiger partial charge is 0.407 e. The van der Waals surface area contributed by atoms with Gasteiger partial charge < -0.3 is 14.9 Å². The number of halogens is 1. The Kier molecular flexibility index (Phi) is 6.68. The Bertz CT molecular complexity index is 1050. The van der Waals surface area contributed by atoms with Crippen LogP contribution in [-0.2, 0) is 10.0 Å². The van der Waals surface area contributed by atoms with E-state index in [1.807, 2.05) is 11.8 Å². The van der Waals surface area contributed by atoms with Crippen molar-refractivity contribution >= 4 is 27.6 Å². The number of carbonyl (C=O) groups is 1. The molecule has 2 atom stereocenters. The van der Waals surface area contributed by atoms with Crippen molar-refractivity contribution < 1.29 is 22.7 Å². The molecule has 0 spiro atoms. The van der Waals surface area contributed by atoms with E-state index in [2.05, 4.69) is 9.71 Å². The third kappa shape index (κ3) is 5.07. The number of nitrogens with zero attached hydrogens (tertiary/aromatic N) is 3. The van der Waals surface area contributed by atoms with Gasteiger partial charge in [-0.1, -0.05) is 19.1 Å². The molecule has 31 heavy (non-hydrogen) atoms. The van der Waals surface area contributed by atoms with E-state index >= 15 is 0 Å². The van der Waals surface area contributed by atoms with E-state index < -0.39 is 22.8 Å². The van der Waals surface area contributed by atoms with Gasteiger partial charge in [-0.2, -0.15) is 0 Å². The molecule has 168 valence electrons. The minimum Gasteiger partial charge on any atom is -0.465 e. The van der Waals surface area contributed by atoms with Crippen molar-refractivity contribution in [2.24, 2.45) is 0 Å². The highest BCUT2D eigenvalue weighted by Crippen LogP contribution is 2.25. The van der Waals surface area contributed by atoms with Crippen molar-refractivity contribution in [3.05, 3.63) is 47.7 Å². The van der Waals surface area contributed by atoms with Crippen LogP contribution in [0, 0.1) is 6.92 Å². The van der Waals surface area contributed by atoms with E-state index in [4.69, 9.17) is 0 Å². The van der Waals surface area contributed by atoms with Crippen molar-refractivity contribution in [2.45, 2.75) is 37.6 Å². The molecular weight excluding hydrogens is 423 g/mol. The number of rotatable bonds is 6. The maximum Gasteiger partial charge on any atom is 0.407 e. The normalized spacial score (nSPS) is 18.0. The number of hydrogen-bond donors (Lipinski definition) is 2. The molecule has 2 aromatic rings. The highest BCUT2D eigenvalue weighted by Gasteiger charge is 2.28. The third-order valence-electron chi connectivity index (χ3n) is 5.50. The zero-order valence-corrected chi connectivity index (χ0v) is 18.6. The molecule has 1 aliphatic heterocycles. The van der Waals surface area contributed by atoms with Crippen LogP contribution in [-0.4, -0.2) is 61.9 Å². The molecule has 1 saturated heterocycles. The van der Waals surface area contributed by atoms with Gasteiger partial charge in [-0.3, -0.25) is 9.11 Å². The van der Waals surface area contributed by atoms with Crippen LogP contribution in [0.1, 0.15) is 31.0 Å². The summed E-state index contributed by atoms with van der Waals surface area (Å²) in [5, 5.41) is 9.21. The summed E-state index contributed by atoms with van der Waals surface area (Å²) in [6.07, 6.45) is -0.937. The van der Waals surface area contributed by atoms with Gasteiger partial charge in [-0.25, -0.2) is 18.2 Å². The number of alkyl halides is 1. The van der Waals surface area contributed by atoms with Gasteiger partial charge in [0.05, 0.1) is 23.0 Å². The van der Waals surface area contributed by atoms with E-state index in [-0.39, 0.29) is 16.9 Å². The van der Waals surface area contributed by atoms with Crippen molar-refractivity contribution in [1.29, 1.82) is 0 Å². The van der Waals surface area contributed by atoms with Crippen LogP contribution in [0.3, 0.4) is 0 Å². The molecule has 0 bridgehead atoms. The van der Waals surface area contributed by atoms with Gasteiger partial charge in [0.2, 0.25) is 0 Å². The predicted molar refractivity (Wildman–Crippen MR) is 117 cm³/mol. The summed E-state index contributed by atoms with van der Waals surface area (Å²) in [4.78, 5) is 19.2. The lowest BCUT2D eigenvalue weighted by molar-refractivity contribution is 0.122. The van der Waals surface area contributed by atoms with Crippen molar-refractivity contribution in [3.8, 4) is 0 Å². The van der Waals surface area contributed by atoms with E-state index in [0.717, 1.165) is 5.56 Å². The molecule has 0 aliphatic carbocycles. The van der Waals surface area contributed by atoms with Crippen molar-refractivity contribution in [1.82, 2.24) is 9.88 Å². The second-order valence-electron chi connectivity index (χ2n) is 7.80. The average Bonchev–Trinajstić information content (AvgIpc) is 2.74. The number of amides is 1. The number of aryl methyl sites for hydroxylation is 1. The molecule has 1 aromatic heterocycles. The summed E-state index contributed by atoms with van der Waals surface area (Å²) < 4.78 is 40.9. The van der Waals surface area contributed by atoms with E-state index in [1.165, 1.54) is 17.0 Å². The average molecular weight is 451 g/mol. The lowest BCUT2D eigenvalue weighted by Gasteiger charge is -2.39. The highest BCUT2D eigenvalue weighted by atomic mass is 32.2. The third-order valence-corrected chi connectivity index (χ3v) is 6.88. The largest absolute Gasteiger partial charge is 0.465 e. The van der Waals surface area contributed by atoms with Crippen molar-refractivity contribution in [2.75, 3.05) is 35.9 Å². The fourth-order valence-corrected chi connectivity index (χ4v) is 4.67. The number of benzene rings is 1. The second-order valence-corrected chi connectivity index (χ2v) is 9.49. The molecule has 0 unspecified atom stereocenters. The summed E-state index contributed by atoms with van der Waals surface area (Å²) in [7, 11) is -3.82. The fourth-order valence-electron chi connectivity index (χ4n) is 3.55. The first kappa shape index (κ1) is 22.8. The summed E-state index contributed by atoms with van der Waals surface area (Å²) in [5.74, 6) is 0.380. The number of hydrogen-bond acceptors (Lipinski definition) is 5. The number of nitrogens with one attached hydrogen (secondary N) is 1. The van der Waals surface area contributed by atoms with Gasteiger partial charge in [0.25, 0.3) is 10.0 Å². The highest BCUT2D eigenvalue weighted by molar-refractivity contribution is 7.92. The van der Waals surface area contributed by atoms with Crippen LogP contribution in [0.15, 0.2) is 41.3 Å². The zero-order chi connectivity index (χ0) is 22.8. The first-order valence-corrected chi connectivity index (χ1v) is 11.5. The Labute approximate surface area is 181 Å². The van der Waals surface area contributed by atoms with Crippen LogP contribution >= 0.6 is 0 Å². The second kappa shape index (κ2) is 9.09. The van der Waals surface area contributed by atoms with Crippen molar-refractivity contribution in [3.63, 3.8) is 0 Å². The molecule has 10 heteroatoms. The molecule has 8 nitrogen and oxygen atoms in total. The van der Waals surface area contributed by atoms with E-state index in [0.29, 0.717) is 36.8 Å². The Balaban J connectivity index is 1.74. The number of sulfonamides is 1. The fraction of sp³-hybridized carbons (Fsp3) is 0.429. The van der Waals surface area contributed by atoms with Crippen LogP contribution in [0.4, 0.5) is 20.7 Å². The first-order valence-electron chi connectivity index (χ1n) is 10.0. The van der Waals surface area contributed by atoms with Crippen LogP contribution in [0.25, 0.3) is 0 Å². The van der Waals surface area contributed by atoms with Crippen LogP contribution < -0.4 is 9.62 Å². The quantitative estimate of drug-likeness (QED) is 0.699. The summed E-state index contributed by atoms with van der Waals surface area (Å²) >= 11 is 0. The maximum absolute atomic E-state index is 12.8. The minimum atomic E-state index is -3.82. The number of anilines is 2. The Hall–Kier alpha value is -2.88. The first-order chi connectivity index (χ1) is 14.6. The Morgan fingerprint density at radius 2 is 1.94 bits per heavy atom. The van der Waals surface area contributed by atoms with Gasteiger partial charge in [-0.15, -0.1) is 0 Å². The summed E-state index contributed by atoms with van der Waals surface area (Å²) in [6.45, 7) is 6.18. The number of piperazine rings is 1. The van der Waals surface area contributed by atoms with Crippen LogP contribution in [0.5, 0.6) is 0 Å². The number of pyridine rings is 1. The molecule has 1 fully saturated rings. The Morgan fingerprint density at radius 1 is 1.26 bits per heavy atom. The number of carboxylic acid groups (broad SMARTS) is 1.